The molecule has 0 aliphatic heterocycles. The highest BCUT2D eigenvalue weighted by Crippen LogP contribution is 2.27. The summed E-state index contributed by atoms with van der Waals surface area (Å²) in [6.45, 7) is 1.94. The number of nitrogens with one attached hydrogen (secondary N) is 2. The molecule has 0 radical (unpaired) electrons. The van der Waals surface area contributed by atoms with Gasteiger partial charge in [-0.15, -0.1) is 11.8 Å². The van der Waals surface area contributed by atoms with Gasteiger partial charge in [-0.1, -0.05) is 41.9 Å². The third kappa shape index (κ3) is 6.26. The van der Waals surface area contributed by atoms with Crippen LogP contribution in [0.1, 0.15) is 21.5 Å². The quantitative estimate of drug-likeness (QED) is 0.452. The monoisotopic (exact) mass is 460 g/mol. The molecule has 3 aromatic carbocycles. The Balaban J connectivity index is 1.67. The predicted octanol–water partition coefficient (Wildman–Crippen LogP) is 5.56. The summed E-state index contributed by atoms with van der Waals surface area (Å²) in [4.78, 5) is 13.8. The molecule has 8 heteroatoms. The number of benzene rings is 3. The number of hydrogen-bond donors (Lipinski definition) is 2. The fraction of sp³-hybridized carbons (Fsp3) is 0.136. The zero-order valence-corrected chi connectivity index (χ0v) is 18.9. The number of rotatable bonds is 7. The van der Waals surface area contributed by atoms with E-state index < -0.39 is 10.0 Å². The van der Waals surface area contributed by atoms with E-state index in [4.69, 9.17) is 11.6 Å². The Kier molecular flexibility index (Phi) is 7.07. The molecule has 0 heterocycles. The Morgan fingerprint density at radius 3 is 2.33 bits per heavy atom. The van der Waals surface area contributed by atoms with Crippen LogP contribution in [0.5, 0.6) is 0 Å². The van der Waals surface area contributed by atoms with Crippen molar-refractivity contribution in [1.29, 1.82) is 0 Å². The second-order valence-electron chi connectivity index (χ2n) is 6.77. The van der Waals surface area contributed by atoms with Gasteiger partial charge in [0.15, 0.2) is 0 Å². The number of carbonyl (C=O) groups is 1. The maximum absolute atomic E-state index is 12.6. The van der Waals surface area contributed by atoms with Crippen LogP contribution in [0.4, 0.5) is 11.4 Å². The van der Waals surface area contributed by atoms with Crippen molar-refractivity contribution in [2.45, 2.75) is 17.6 Å². The van der Waals surface area contributed by atoms with Crippen molar-refractivity contribution in [2.75, 3.05) is 16.3 Å². The molecule has 3 aromatic rings. The molecule has 5 nitrogen and oxygen atoms in total. The first-order valence-electron chi connectivity index (χ1n) is 9.07. The van der Waals surface area contributed by atoms with Gasteiger partial charge in [-0.2, -0.15) is 0 Å². The van der Waals surface area contributed by atoms with Gasteiger partial charge < -0.3 is 5.32 Å². The van der Waals surface area contributed by atoms with Gasteiger partial charge >= 0.3 is 0 Å². The molecule has 0 saturated carbocycles. The van der Waals surface area contributed by atoms with Gasteiger partial charge in [0.25, 0.3) is 5.91 Å². The van der Waals surface area contributed by atoms with Gasteiger partial charge in [0.2, 0.25) is 10.0 Å². The lowest BCUT2D eigenvalue weighted by Gasteiger charge is -2.12. The van der Waals surface area contributed by atoms with Crippen molar-refractivity contribution in [1.82, 2.24) is 0 Å². The molecule has 0 atom stereocenters. The molecule has 0 saturated heterocycles. The van der Waals surface area contributed by atoms with E-state index in [0.717, 1.165) is 17.6 Å². The summed E-state index contributed by atoms with van der Waals surface area (Å²) < 4.78 is 25.0. The molecule has 0 aliphatic rings. The van der Waals surface area contributed by atoms with Crippen LogP contribution in [-0.4, -0.2) is 20.6 Å². The first kappa shape index (κ1) is 22.2. The summed E-state index contributed by atoms with van der Waals surface area (Å²) in [7, 11) is -3.45. The third-order valence-corrected chi connectivity index (χ3v) is 6.20. The van der Waals surface area contributed by atoms with E-state index in [9.17, 15) is 13.2 Å². The Morgan fingerprint density at radius 1 is 1.00 bits per heavy atom. The molecular formula is C22H21ClN2O3S2. The fourth-order valence-corrected chi connectivity index (χ4v) is 4.50. The molecular weight excluding hydrogens is 440 g/mol. The van der Waals surface area contributed by atoms with E-state index in [0.29, 0.717) is 11.3 Å². The Labute approximate surface area is 185 Å². The molecule has 0 bridgehead atoms. The van der Waals surface area contributed by atoms with Crippen molar-refractivity contribution in [3.63, 3.8) is 0 Å². The predicted molar refractivity (Wildman–Crippen MR) is 125 cm³/mol. The zero-order valence-electron chi connectivity index (χ0n) is 16.5. The summed E-state index contributed by atoms with van der Waals surface area (Å²) in [6.07, 6.45) is 1.04. The lowest BCUT2D eigenvalue weighted by atomic mass is 10.1. The van der Waals surface area contributed by atoms with E-state index in [1.54, 1.807) is 11.8 Å². The van der Waals surface area contributed by atoms with Gasteiger partial charge in [-0.3, -0.25) is 9.52 Å². The van der Waals surface area contributed by atoms with Crippen LogP contribution in [0.25, 0.3) is 0 Å². The third-order valence-electron chi connectivity index (χ3n) is 4.21. The van der Waals surface area contributed by atoms with E-state index in [-0.39, 0.29) is 16.6 Å². The summed E-state index contributed by atoms with van der Waals surface area (Å²) in [6, 6.07) is 20.5. The molecule has 0 aliphatic carbocycles. The zero-order chi connectivity index (χ0) is 21.7. The molecule has 3 rings (SSSR count). The minimum atomic E-state index is -3.45. The number of halogens is 1. The van der Waals surface area contributed by atoms with Crippen LogP contribution < -0.4 is 10.0 Å². The Hall–Kier alpha value is -2.48. The first-order chi connectivity index (χ1) is 14.2. The van der Waals surface area contributed by atoms with Crippen molar-refractivity contribution >= 4 is 50.7 Å². The smallest absolute Gasteiger partial charge is 0.255 e. The van der Waals surface area contributed by atoms with Crippen LogP contribution in [0.3, 0.4) is 0 Å². The Morgan fingerprint density at radius 2 is 1.70 bits per heavy atom. The topological polar surface area (TPSA) is 75.3 Å². The van der Waals surface area contributed by atoms with Crippen molar-refractivity contribution in [2.24, 2.45) is 0 Å². The molecule has 30 heavy (non-hydrogen) atoms. The maximum Gasteiger partial charge on any atom is 0.255 e. The van der Waals surface area contributed by atoms with Crippen molar-refractivity contribution in [3.8, 4) is 0 Å². The van der Waals surface area contributed by atoms with Gasteiger partial charge in [0.1, 0.15) is 0 Å². The minimum Gasteiger partial charge on any atom is -0.322 e. The number of hydrogen-bond acceptors (Lipinski definition) is 4. The second-order valence-corrected chi connectivity index (χ2v) is 9.98. The average molecular weight is 461 g/mol. The van der Waals surface area contributed by atoms with Crippen LogP contribution >= 0.6 is 23.4 Å². The standard InChI is InChI=1S/C22H21ClN2O3S2/c1-15-12-16(14-29-18-6-4-3-5-7-18)8-10-20(15)24-22(26)17-9-11-21(19(23)13-17)25-30(2,27)28/h3-13,25H,14H2,1-2H3,(H,24,26). The summed E-state index contributed by atoms with van der Waals surface area (Å²) >= 11 is 7.87. The van der Waals surface area contributed by atoms with E-state index in [1.165, 1.54) is 28.7 Å². The van der Waals surface area contributed by atoms with Gasteiger partial charge in [-0.05, 0) is 54.4 Å². The van der Waals surface area contributed by atoms with Crippen LogP contribution in [0.15, 0.2) is 71.6 Å². The number of carbonyl (C=O) groups excluding carboxylic acids is 1. The number of aryl methyl sites for hydroxylation is 1. The molecule has 2 N–H and O–H groups in total. The number of sulfonamides is 1. The van der Waals surface area contributed by atoms with Crippen LogP contribution in [0, 0.1) is 6.92 Å². The Bertz CT molecular complexity index is 1170. The molecule has 1 amide bonds. The van der Waals surface area contributed by atoms with Crippen LogP contribution in [0.2, 0.25) is 5.02 Å². The first-order valence-corrected chi connectivity index (χ1v) is 12.3. The number of thioether (sulfide) groups is 1. The van der Waals surface area contributed by atoms with E-state index in [2.05, 4.69) is 28.2 Å². The average Bonchev–Trinajstić information content (AvgIpc) is 2.69. The maximum atomic E-state index is 12.6. The molecule has 156 valence electrons. The molecule has 0 unspecified atom stereocenters. The molecule has 0 fully saturated rings. The number of anilines is 2. The second kappa shape index (κ2) is 9.55. The van der Waals surface area contributed by atoms with E-state index in [1.807, 2.05) is 37.3 Å². The SMILES string of the molecule is Cc1cc(CSc2ccccc2)ccc1NC(=O)c1ccc(NS(C)(=O)=O)c(Cl)c1. The van der Waals surface area contributed by atoms with Gasteiger partial charge in [0, 0.05) is 21.9 Å². The summed E-state index contributed by atoms with van der Waals surface area (Å²) in [5.74, 6) is 0.515. The molecule has 0 spiro atoms. The van der Waals surface area contributed by atoms with Gasteiger partial charge in [0.05, 0.1) is 17.0 Å². The highest BCUT2D eigenvalue weighted by Gasteiger charge is 2.12. The normalized spacial score (nSPS) is 11.2. The van der Waals surface area contributed by atoms with Crippen molar-refractivity contribution < 1.29 is 13.2 Å². The van der Waals surface area contributed by atoms with Crippen LogP contribution in [-0.2, 0) is 15.8 Å². The minimum absolute atomic E-state index is 0.151. The fourth-order valence-electron chi connectivity index (χ4n) is 2.77. The highest BCUT2D eigenvalue weighted by molar-refractivity contribution is 7.98. The van der Waals surface area contributed by atoms with Gasteiger partial charge in [-0.25, -0.2) is 8.42 Å². The number of amides is 1. The summed E-state index contributed by atoms with van der Waals surface area (Å²) in [5, 5.41) is 3.03. The van der Waals surface area contributed by atoms with Crippen molar-refractivity contribution in [3.05, 3.63) is 88.4 Å². The highest BCUT2D eigenvalue weighted by atomic mass is 35.5. The lowest BCUT2D eigenvalue weighted by molar-refractivity contribution is 0.102. The van der Waals surface area contributed by atoms with E-state index >= 15 is 0 Å². The largest absolute Gasteiger partial charge is 0.322 e. The molecule has 0 aromatic heterocycles. The lowest BCUT2D eigenvalue weighted by Crippen LogP contribution is -2.14. The summed E-state index contributed by atoms with van der Waals surface area (Å²) in [5.41, 5.74) is 3.40.